The van der Waals surface area contributed by atoms with E-state index < -0.39 is 0 Å². The average molecular weight is 410 g/mol. The standard InChI is InChI=1S/C23H23NO2S2/c1-3-18-20(17-13-9-6-10-14-17)21(23(25)26-4-2)22(28-18)24-19(27)15-16-11-7-5-8-12-16/h5-14H,3-4,15H2,1-2H3,(H,24,27). The van der Waals surface area contributed by atoms with Crippen LogP contribution in [0, 0.1) is 0 Å². The topological polar surface area (TPSA) is 38.3 Å². The summed E-state index contributed by atoms with van der Waals surface area (Å²) in [6.45, 7) is 4.25. The molecule has 3 aromatic rings. The zero-order chi connectivity index (χ0) is 19.9. The van der Waals surface area contributed by atoms with Gasteiger partial charge in [0.1, 0.15) is 10.6 Å². The molecule has 5 heteroatoms. The number of rotatable bonds is 7. The fraction of sp³-hybridized carbons (Fsp3) is 0.217. The predicted molar refractivity (Wildman–Crippen MR) is 121 cm³/mol. The normalized spacial score (nSPS) is 10.5. The summed E-state index contributed by atoms with van der Waals surface area (Å²) in [5.41, 5.74) is 3.66. The predicted octanol–water partition coefficient (Wildman–Crippen LogP) is 6.14. The Bertz CT molecular complexity index is 949. The molecule has 1 aromatic heterocycles. The first-order chi connectivity index (χ1) is 13.6. The first-order valence-electron chi connectivity index (χ1n) is 9.36. The van der Waals surface area contributed by atoms with E-state index in [1.54, 1.807) is 11.3 Å². The van der Waals surface area contributed by atoms with Gasteiger partial charge in [-0.05, 0) is 24.5 Å². The van der Waals surface area contributed by atoms with E-state index in [9.17, 15) is 4.79 Å². The highest BCUT2D eigenvalue weighted by Gasteiger charge is 2.25. The molecule has 28 heavy (non-hydrogen) atoms. The number of benzene rings is 2. The fourth-order valence-electron chi connectivity index (χ4n) is 3.08. The molecule has 0 aliphatic rings. The Morgan fingerprint density at radius 3 is 2.29 bits per heavy atom. The van der Waals surface area contributed by atoms with Crippen molar-refractivity contribution < 1.29 is 9.53 Å². The summed E-state index contributed by atoms with van der Waals surface area (Å²) in [6.07, 6.45) is 1.45. The Labute approximate surface area is 175 Å². The largest absolute Gasteiger partial charge is 0.462 e. The van der Waals surface area contributed by atoms with Crippen LogP contribution in [0.15, 0.2) is 60.7 Å². The van der Waals surface area contributed by atoms with Crippen molar-refractivity contribution in [3.05, 3.63) is 76.7 Å². The van der Waals surface area contributed by atoms with E-state index in [4.69, 9.17) is 17.0 Å². The number of thiocarbonyl (C=S) groups is 1. The van der Waals surface area contributed by atoms with E-state index >= 15 is 0 Å². The summed E-state index contributed by atoms with van der Waals surface area (Å²) in [7, 11) is 0. The molecule has 0 aliphatic heterocycles. The lowest BCUT2D eigenvalue weighted by Gasteiger charge is -2.11. The van der Waals surface area contributed by atoms with Gasteiger partial charge in [-0.2, -0.15) is 0 Å². The summed E-state index contributed by atoms with van der Waals surface area (Å²) in [5, 5.41) is 4.07. The van der Waals surface area contributed by atoms with Crippen molar-refractivity contribution in [2.24, 2.45) is 0 Å². The Balaban J connectivity index is 1.99. The summed E-state index contributed by atoms with van der Waals surface area (Å²) >= 11 is 7.15. The van der Waals surface area contributed by atoms with Gasteiger partial charge >= 0.3 is 5.97 Å². The first-order valence-corrected chi connectivity index (χ1v) is 10.6. The van der Waals surface area contributed by atoms with Gasteiger partial charge in [0.2, 0.25) is 0 Å². The molecule has 3 nitrogen and oxygen atoms in total. The number of thiophene rings is 1. The molecule has 1 heterocycles. The van der Waals surface area contributed by atoms with Gasteiger partial charge in [-0.25, -0.2) is 4.79 Å². The highest BCUT2D eigenvalue weighted by Crippen LogP contribution is 2.41. The monoisotopic (exact) mass is 409 g/mol. The van der Waals surface area contributed by atoms with Crippen LogP contribution in [-0.2, 0) is 17.6 Å². The lowest BCUT2D eigenvalue weighted by molar-refractivity contribution is 0.0529. The van der Waals surface area contributed by atoms with Crippen LogP contribution in [-0.4, -0.2) is 17.6 Å². The molecule has 3 rings (SSSR count). The second kappa shape index (κ2) is 9.62. The lowest BCUT2D eigenvalue weighted by Crippen LogP contribution is -2.15. The van der Waals surface area contributed by atoms with Gasteiger partial charge in [-0.1, -0.05) is 79.8 Å². The van der Waals surface area contributed by atoms with Crippen LogP contribution in [0.25, 0.3) is 11.1 Å². The molecule has 1 N–H and O–H groups in total. The van der Waals surface area contributed by atoms with Gasteiger partial charge in [-0.3, -0.25) is 0 Å². The molecule has 2 aromatic carbocycles. The maximum absolute atomic E-state index is 12.8. The van der Waals surface area contributed by atoms with Gasteiger partial charge in [0, 0.05) is 16.9 Å². The van der Waals surface area contributed by atoms with E-state index in [0.29, 0.717) is 23.6 Å². The van der Waals surface area contributed by atoms with Gasteiger partial charge < -0.3 is 10.1 Å². The van der Waals surface area contributed by atoms with Gasteiger partial charge in [0.05, 0.1) is 11.6 Å². The number of hydrogen-bond donors (Lipinski definition) is 1. The zero-order valence-electron chi connectivity index (χ0n) is 16.0. The molecule has 0 bridgehead atoms. The number of aryl methyl sites for hydroxylation is 1. The third-order valence-corrected chi connectivity index (χ3v) is 5.80. The lowest BCUT2D eigenvalue weighted by atomic mass is 10.00. The molecule has 0 radical (unpaired) electrons. The summed E-state index contributed by atoms with van der Waals surface area (Å²) in [5.74, 6) is -0.317. The highest BCUT2D eigenvalue weighted by molar-refractivity contribution is 7.80. The van der Waals surface area contributed by atoms with Crippen LogP contribution in [0.2, 0.25) is 0 Å². The van der Waals surface area contributed by atoms with Crippen molar-refractivity contribution in [2.75, 3.05) is 11.9 Å². The van der Waals surface area contributed by atoms with Crippen LogP contribution in [0.4, 0.5) is 5.00 Å². The summed E-state index contributed by atoms with van der Waals surface area (Å²) in [4.78, 5) is 14.6. The molecule has 0 saturated carbocycles. The van der Waals surface area contributed by atoms with E-state index in [2.05, 4.69) is 12.2 Å². The third-order valence-electron chi connectivity index (χ3n) is 4.30. The minimum absolute atomic E-state index is 0.317. The summed E-state index contributed by atoms with van der Waals surface area (Å²) in [6, 6.07) is 20.0. The van der Waals surface area contributed by atoms with Crippen molar-refractivity contribution in [1.82, 2.24) is 0 Å². The van der Waals surface area contributed by atoms with E-state index in [-0.39, 0.29) is 5.97 Å². The second-order valence-electron chi connectivity index (χ2n) is 6.25. The van der Waals surface area contributed by atoms with Crippen molar-refractivity contribution in [2.45, 2.75) is 26.7 Å². The van der Waals surface area contributed by atoms with Gasteiger partial charge in [0.15, 0.2) is 0 Å². The Hall–Kier alpha value is -2.50. The molecule has 0 unspecified atom stereocenters. The summed E-state index contributed by atoms with van der Waals surface area (Å²) < 4.78 is 5.37. The zero-order valence-corrected chi connectivity index (χ0v) is 17.7. The fourth-order valence-corrected chi connectivity index (χ4v) is 4.58. The number of hydrogen-bond acceptors (Lipinski definition) is 4. The SMILES string of the molecule is CCOC(=O)c1c(NC(=S)Cc2ccccc2)sc(CC)c1-c1ccccc1. The Kier molecular flexibility index (Phi) is 6.95. The van der Waals surface area contributed by atoms with E-state index in [1.807, 2.05) is 67.6 Å². The molecule has 0 atom stereocenters. The molecular formula is C23H23NO2S2. The number of carbonyl (C=O) groups is 1. The Morgan fingerprint density at radius 2 is 1.68 bits per heavy atom. The second-order valence-corrected chi connectivity index (χ2v) is 7.85. The van der Waals surface area contributed by atoms with Crippen LogP contribution in [0.5, 0.6) is 0 Å². The quantitative estimate of drug-likeness (QED) is 0.376. The number of esters is 1. The van der Waals surface area contributed by atoms with Crippen LogP contribution < -0.4 is 5.32 Å². The number of ether oxygens (including phenoxy) is 1. The Morgan fingerprint density at radius 1 is 1.04 bits per heavy atom. The van der Waals surface area contributed by atoms with E-state index in [0.717, 1.165) is 33.0 Å². The van der Waals surface area contributed by atoms with Crippen molar-refractivity contribution in [1.29, 1.82) is 0 Å². The number of anilines is 1. The maximum Gasteiger partial charge on any atom is 0.341 e. The average Bonchev–Trinajstić information content (AvgIpc) is 3.07. The van der Waals surface area contributed by atoms with Crippen LogP contribution >= 0.6 is 23.6 Å². The number of nitrogens with one attached hydrogen (secondary N) is 1. The molecular weight excluding hydrogens is 386 g/mol. The molecule has 0 spiro atoms. The van der Waals surface area contributed by atoms with Crippen LogP contribution in [0.1, 0.15) is 34.6 Å². The molecule has 144 valence electrons. The van der Waals surface area contributed by atoms with E-state index in [1.165, 1.54) is 0 Å². The smallest absolute Gasteiger partial charge is 0.341 e. The number of carbonyl (C=O) groups excluding carboxylic acids is 1. The third kappa shape index (κ3) is 4.66. The molecule has 0 saturated heterocycles. The molecule has 0 fully saturated rings. The minimum Gasteiger partial charge on any atom is -0.462 e. The van der Waals surface area contributed by atoms with Gasteiger partial charge in [-0.15, -0.1) is 11.3 Å². The molecule has 0 aliphatic carbocycles. The first kappa shape index (κ1) is 20.2. The minimum atomic E-state index is -0.317. The van der Waals surface area contributed by atoms with Crippen molar-refractivity contribution >= 4 is 39.5 Å². The maximum atomic E-state index is 12.8. The van der Waals surface area contributed by atoms with Gasteiger partial charge in [0.25, 0.3) is 0 Å². The van der Waals surface area contributed by atoms with Crippen molar-refractivity contribution in [3.8, 4) is 11.1 Å². The van der Waals surface area contributed by atoms with Crippen molar-refractivity contribution in [3.63, 3.8) is 0 Å². The van der Waals surface area contributed by atoms with Crippen LogP contribution in [0.3, 0.4) is 0 Å². The molecule has 0 amide bonds. The highest BCUT2D eigenvalue weighted by atomic mass is 32.1.